The maximum absolute atomic E-state index is 2.65. The highest BCUT2D eigenvalue weighted by Gasteiger charge is 2.35. The fourth-order valence-electron chi connectivity index (χ4n) is 8.21. The first-order valence-corrected chi connectivity index (χ1v) is 18.2. The summed E-state index contributed by atoms with van der Waals surface area (Å²) in [7, 11) is 0. The van der Waals surface area contributed by atoms with E-state index in [2.05, 4.69) is 88.4 Å². The molecule has 0 radical (unpaired) electrons. The van der Waals surface area contributed by atoms with Gasteiger partial charge in [-0.15, -0.1) is 0 Å². The minimum atomic E-state index is 0.657. The first-order chi connectivity index (χ1) is 21.6. The van der Waals surface area contributed by atoms with Crippen molar-refractivity contribution in [3.05, 3.63) is 105 Å². The Kier molecular flexibility index (Phi) is 7.32. The molecule has 0 nitrogen and oxygen atoms in total. The second-order valence-corrected chi connectivity index (χ2v) is 14.5. The van der Waals surface area contributed by atoms with Crippen molar-refractivity contribution >= 4 is 0 Å². The lowest BCUT2D eigenvalue weighted by Gasteiger charge is -2.26. The fourth-order valence-corrected chi connectivity index (χ4v) is 8.21. The Bertz CT molecular complexity index is 1720. The molecular formula is C44H50. The molecule has 4 aromatic rings. The van der Waals surface area contributed by atoms with E-state index in [9.17, 15) is 0 Å². The molecule has 4 fully saturated rings. The summed E-state index contributed by atoms with van der Waals surface area (Å²) in [5.74, 6) is 2.99. The molecular weight excluding hydrogens is 528 g/mol. The number of rotatable bonds is 11. The van der Waals surface area contributed by atoms with Crippen LogP contribution in [0.2, 0.25) is 0 Å². The van der Waals surface area contributed by atoms with Crippen LogP contribution < -0.4 is 0 Å². The van der Waals surface area contributed by atoms with Crippen LogP contribution in [0.15, 0.2) is 60.7 Å². The molecule has 8 rings (SSSR count). The van der Waals surface area contributed by atoms with Gasteiger partial charge in [0.1, 0.15) is 0 Å². The lowest BCUT2D eigenvalue weighted by atomic mass is 9.78. The van der Waals surface area contributed by atoms with Gasteiger partial charge in [-0.05, 0) is 179 Å². The fraction of sp³-hybridized carbons (Fsp3) is 0.455. The van der Waals surface area contributed by atoms with Gasteiger partial charge in [0.25, 0.3) is 0 Å². The van der Waals surface area contributed by atoms with Crippen molar-refractivity contribution in [3.63, 3.8) is 0 Å². The summed E-state index contributed by atoms with van der Waals surface area (Å²) in [4.78, 5) is 0. The Hall–Kier alpha value is -3.12. The highest BCUT2D eigenvalue weighted by Crippen LogP contribution is 2.55. The van der Waals surface area contributed by atoms with Gasteiger partial charge in [0.15, 0.2) is 0 Å². The van der Waals surface area contributed by atoms with Crippen molar-refractivity contribution < 1.29 is 0 Å². The lowest BCUT2D eigenvalue weighted by molar-refractivity contribution is 1.03. The van der Waals surface area contributed by atoms with Crippen LogP contribution in [0.1, 0.15) is 147 Å². The molecule has 0 saturated heterocycles. The highest BCUT2D eigenvalue weighted by molar-refractivity contribution is 5.94. The number of aryl methyl sites for hydroxylation is 4. The molecule has 4 aromatic carbocycles. The summed E-state index contributed by atoms with van der Waals surface area (Å²) in [6, 6.07) is 25.4. The third-order valence-corrected chi connectivity index (χ3v) is 11.3. The molecule has 0 aromatic heterocycles. The predicted octanol–water partition coefficient (Wildman–Crippen LogP) is 12.4. The number of hydrogen-bond acceptors (Lipinski definition) is 0. The second kappa shape index (κ2) is 11.3. The number of hydrogen-bond donors (Lipinski definition) is 0. The summed E-state index contributed by atoms with van der Waals surface area (Å²) < 4.78 is 0. The minimum absolute atomic E-state index is 0.657. The van der Waals surface area contributed by atoms with Crippen LogP contribution in [0.4, 0.5) is 0 Å². The molecule has 4 aliphatic carbocycles. The molecule has 0 atom stereocenters. The standard InChI is InChI=1S/C44H50/c1-5-27-10-20-37(26-39(27)33-15-16-33)42-30(8-4)24-41(40-25-35(31-11-12-31)19-9-28(40)6-2)43(34-17-18-34)44(42)36-21-22-38(32-13-14-32)29(7-3)23-36/h9-10,19-26,31-34H,5-8,11-18H2,1-4H3. The van der Waals surface area contributed by atoms with Crippen LogP contribution in [0, 0.1) is 0 Å². The Morgan fingerprint density at radius 2 is 1.02 bits per heavy atom. The quantitative estimate of drug-likeness (QED) is 0.166. The Labute approximate surface area is 266 Å². The van der Waals surface area contributed by atoms with Gasteiger partial charge in [-0.25, -0.2) is 0 Å². The van der Waals surface area contributed by atoms with E-state index in [0.717, 1.165) is 43.4 Å². The third-order valence-electron chi connectivity index (χ3n) is 11.3. The van der Waals surface area contributed by atoms with Gasteiger partial charge < -0.3 is 0 Å². The normalized spacial score (nSPS) is 18.2. The van der Waals surface area contributed by atoms with Gasteiger partial charge in [0, 0.05) is 0 Å². The van der Waals surface area contributed by atoms with E-state index in [1.165, 1.54) is 84.7 Å². The van der Waals surface area contributed by atoms with Gasteiger partial charge >= 0.3 is 0 Å². The molecule has 0 heteroatoms. The van der Waals surface area contributed by atoms with Crippen molar-refractivity contribution in [1.29, 1.82) is 0 Å². The van der Waals surface area contributed by atoms with E-state index in [-0.39, 0.29) is 0 Å². The van der Waals surface area contributed by atoms with E-state index in [0.29, 0.717) is 5.92 Å². The van der Waals surface area contributed by atoms with E-state index in [1.807, 2.05) is 0 Å². The summed E-state index contributed by atoms with van der Waals surface area (Å²) in [5.41, 5.74) is 21.7. The topological polar surface area (TPSA) is 0 Å². The molecule has 0 amide bonds. The Morgan fingerprint density at radius 3 is 1.66 bits per heavy atom. The van der Waals surface area contributed by atoms with E-state index in [1.54, 1.807) is 44.5 Å². The Morgan fingerprint density at radius 1 is 0.432 bits per heavy atom. The van der Waals surface area contributed by atoms with E-state index >= 15 is 0 Å². The van der Waals surface area contributed by atoms with Gasteiger partial charge in [0.05, 0.1) is 0 Å². The molecule has 44 heavy (non-hydrogen) atoms. The zero-order valence-corrected chi connectivity index (χ0v) is 27.6. The Balaban J connectivity index is 1.43. The van der Waals surface area contributed by atoms with E-state index < -0.39 is 0 Å². The predicted molar refractivity (Wildman–Crippen MR) is 188 cm³/mol. The zero-order chi connectivity index (χ0) is 29.9. The number of benzene rings is 4. The monoisotopic (exact) mass is 578 g/mol. The van der Waals surface area contributed by atoms with Gasteiger partial charge in [-0.2, -0.15) is 0 Å². The van der Waals surface area contributed by atoms with Crippen LogP contribution in [0.3, 0.4) is 0 Å². The van der Waals surface area contributed by atoms with Crippen molar-refractivity contribution in [3.8, 4) is 33.4 Å². The summed E-state index contributed by atoms with van der Waals surface area (Å²) in [6.07, 6.45) is 15.2. The SMILES string of the molecule is CCc1ccc(C2CC2)cc1-c1cc(CC)c(-c2ccc(CC)c(C3CC3)c2)c(-c2ccc(C3CC3)c(CC)c2)c1C1CC1. The first-order valence-electron chi connectivity index (χ1n) is 18.2. The molecule has 0 heterocycles. The molecule has 4 aliphatic rings. The summed E-state index contributed by atoms with van der Waals surface area (Å²) in [6.45, 7) is 9.43. The molecule has 0 spiro atoms. The van der Waals surface area contributed by atoms with Gasteiger partial charge in [-0.3, -0.25) is 0 Å². The molecule has 0 N–H and O–H groups in total. The minimum Gasteiger partial charge on any atom is -0.0613 e. The van der Waals surface area contributed by atoms with Crippen molar-refractivity contribution in [1.82, 2.24) is 0 Å². The van der Waals surface area contributed by atoms with E-state index in [4.69, 9.17) is 0 Å². The third kappa shape index (κ3) is 5.17. The molecule has 0 bridgehead atoms. The van der Waals surface area contributed by atoms with Crippen LogP contribution in [-0.4, -0.2) is 0 Å². The van der Waals surface area contributed by atoms with Gasteiger partial charge in [0.2, 0.25) is 0 Å². The molecule has 0 unspecified atom stereocenters. The zero-order valence-electron chi connectivity index (χ0n) is 27.6. The van der Waals surface area contributed by atoms with Crippen molar-refractivity contribution in [2.75, 3.05) is 0 Å². The summed E-state index contributed by atoms with van der Waals surface area (Å²) >= 11 is 0. The largest absolute Gasteiger partial charge is 0.0613 e. The highest BCUT2D eigenvalue weighted by atomic mass is 14.4. The summed E-state index contributed by atoms with van der Waals surface area (Å²) in [5, 5.41) is 0. The lowest BCUT2D eigenvalue weighted by Crippen LogP contribution is -2.04. The molecule has 226 valence electrons. The van der Waals surface area contributed by atoms with Crippen molar-refractivity contribution in [2.24, 2.45) is 0 Å². The first kappa shape index (κ1) is 28.4. The van der Waals surface area contributed by atoms with Crippen LogP contribution in [0.5, 0.6) is 0 Å². The smallest absolute Gasteiger partial charge is 0.00614 e. The average Bonchev–Trinajstić information content (AvgIpc) is 3.88. The maximum Gasteiger partial charge on any atom is -0.00614 e. The van der Waals surface area contributed by atoms with Crippen molar-refractivity contribution in [2.45, 2.75) is 128 Å². The van der Waals surface area contributed by atoms with Crippen LogP contribution in [0.25, 0.3) is 33.4 Å². The van der Waals surface area contributed by atoms with Gasteiger partial charge in [-0.1, -0.05) is 88.4 Å². The maximum atomic E-state index is 2.65. The van der Waals surface area contributed by atoms with Crippen LogP contribution >= 0.6 is 0 Å². The molecule has 4 saturated carbocycles. The second-order valence-electron chi connectivity index (χ2n) is 14.5. The molecule has 0 aliphatic heterocycles. The van der Waals surface area contributed by atoms with Crippen LogP contribution in [-0.2, 0) is 25.7 Å². The average molecular weight is 579 g/mol.